The van der Waals surface area contributed by atoms with Gasteiger partial charge in [-0.3, -0.25) is 4.68 Å². The molecule has 130 valence electrons. The Kier molecular flexibility index (Phi) is 7.30. The molecule has 0 atom stereocenters. The van der Waals surface area contributed by atoms with Crippen molar-refractivity contribution in [3.8, 4) is 0 Å². The van der Waals surface area contributed by atoms with Crippen molar-refractivity contribution in [1.29, 1.82) is 0 Å². The summed E-state index contributed by atoms with van der Waals surface area (Å²) in [5.74, 6) is 0.552. The van der Waals surface area contributed by atoms with Crippen molar-refractivity contribution in [2.75, 3.05) is 32.5 Å². The molecule has 0 saturated heterocycles. The van der Waals surface area contributed by atoms with Gasteiger partial charge < -0.3 is 15.5 Å². The summed E-state index contributed by atoms with van der Waals surface area (Å²) in [5, 5.41) is 12.4. The highest BCUT2D eigenvalue weighted by Gasteiger charge is 2.09. The molecule has 24 heavy (non-hydrogen) atoms. The number of benzene rings is 1. The van der Waals surface area contributed by atoms with Gasteiger partial charge in [0.15, 0.2) is 10.9 Å². The number of nitrogens with zero attached hydrogens (tertiary/aromatic N) is 3. The van der Waals surface area contributed by atoms with Crippen LogP contribution in [-0.4, -0.2) is 47.0 Å². The Labute approximate surface area is 157 Å². The van der Waals surface area contributed by atoms with Gasteiger partial charge in [0.05, 0.1) is 6.54 Å². The predicted octanol–water partition coefficient (Wildman–Crippen LogP) is 3.48. The lowest BCUT2D eigenvalue weighted by Gasteiger charge is -2.11. The number of anilines is 1. The van der Waals surface area contributed by atoms with Gasteiger partial charge in [-0.15, -0.1) is 0 Å². The van der Waals surface area contributed by atoms with Crippen LogP contribution in [0.5, 0.6) is 0 Å². The first-order chi connectivity index (χ1) is 11.4. The lowest BCUT2D eigenvalue weighted by Crippen LogP contribution is -2.31. The summed E-state index contributed by atoms with van der Waals surface area (Å²) in [6.45, 7) is 2.42. The number of nitrogens with one attached hydrogen (secondary N) is 2. The Morgan fingerprint density at radius 3 is 2.62 bits per heavy atom. The number of halogens is 2. The highest BCUT2D eigenvalue weighted by atomic mass is 35.5. The molecular formula is C16H21Cl2N5S. The zero-order valence-corrected chi connectivity index (χ0v) is 16.0. The largest absolute Gasteiger partial charge is 0.362 e. The van der Waals surface area contributed by atoms with Crippen LogP contribution in [0.3, 0.4) is 0 Å². The molecule has 1 aromatic heterocycles. The van der Waals surface area contributed by atoms with Gasteiger partial charge >= 0.3 is 0 Å². The standard InChI is InChI=1S/C16H21Cl2N5S/c1-22(2)9-3-8-19-16(24)20-15-14(18)11-23(21-15)10-12-4-6-13(17)7-5-12/h4-7,11H,3,8-10H2,1-2H3,(H2,19,20,21,24). The molecule has 2 aromatic rings. The minimum atomic E-state index is 0.521. The first kappa shape index (κ1) is 19.0. The Hall–Kier alpha value is -1.34. The van der Waals surface area contributed by atoms with Crippen LogP contribution >= 0.6 is 35.4 Å². The molecule has 0 bridgehead atoms. The molecule has 8 heteroatoms. The van der Waals surface area contributed by atoms with Gasteiger partial charge in [0.2, 0.25) is 0 Å². The molecule has 0 unspecified atom stereocenters. The van der Waals surface area contributed by atoms with Gasteiger partial charge in [-0.25, -0.2) is 0 Å². The maximum Gasteiger partial charge on any atom is 0.173 e. The lowest BCUT2D eigenvalue weighted by molar-refractivity contribution is 0.400. The zero-order chi connectivity index (χ0) is 17.5. The van der Waals surface area contributed by atoms with Gasteiger partial charge in [-0.2, -0.15) is 5.10 Å². The number of hydrogen-bond acceptors (Lipinski definition) is 3. The van der Waals surface area contributed by atoms with E-state index in [9.17, 15) is 0 Å². The Balaban J connectivity index is 1.86. The molecule has 0 fully saturated rings. The van der Waals surface area contributed by atoms with Crippen molar-refractivity contribution in [3.05, 3.63) is 46.1 Å². The maximum absolute atomic E-state index is 6.22. The average Bonchev–Trinajstić information content (AvgIpc) is 2.85. The smallest absolute Gasteiger partial charge is 0.173 e. The molecule has 5 nitrogen and oxygen atoms in total. The molecule has 0 aliphatic carbocycles. The predicted molar refractivity (Wildman–Crippen MR) is 105 cm³/mol. The normalized spacial score (nSPS) is 10.9. The molecule has 0 aliphatic rings. The molecule has 2 rings (SSSR count). The average molecular weight is 386 g/mol. The molecule has 2 N–H and O–H groups in total. The van der Waals surface area contributed by atoms with E-state index in [-0.39, 0.29) is 0 Å². The van der Waals surface area contributed by atoms with Gasteiger partial charge in [0.25, 0.3) is 0 Å². The first-order valence-electron chi connectivity index (χ1n) is 7.61. The third kappa shape index (κ3) is 6.28. The Morgan fingerprint density at radius 1 is 1.25 bits per heavy atom. The van der Waals surface area contributed by atoms with Crippen LogP contribution in [0.1, 0.15) is 12.0 Å². The highest BCUT2D eigenvalue weighted by Crippen LogP contribution is 2.20. The van der Waals surface area contributed by atoms with Crippen molar-refractivity contribution in [1.82, 2.24) is 20.0 Å². The van der Waals surface area contributed by atoms with E-state index in [2.05, 4.69) is 20.6 Å². The highest BCUT2D eigenvalue weighted by molar-refractivity contribution is 7.80. The molecular weight excluding hydrogens is 365 g/mol. The lowest BCUT2D eigenvalue weighted by atomic mass is 10.2. The minimum Gasteiger partial charge on any atom is -0.362 e. The summed E-state index contributed by atoms with van der Waals surface area (Å²) in [5.41, 5.74) is 1.09. The topological polar surface area (TPSA) is 45.1 Å². The summed E-state index contributed by atoms with van der Waals surface area (Å²) < 4.78 is 1.77. The van der Waals surface area contributed by atoms with Gasteiger partial charge in [-0.05, 0) is 57.0 Å². The van der Waals surface area contributed by atoms with Crippen LogP contribution in [0.15, 0.2) is 30.5 Å². The van der Waals surface area contributed by atoms with E-state index in [0.717, 1.165) is 25.1 Å². The SMILES string of the molecule is CN(C)CCCNC(=S)Nc1nn(Cc2ccc(Cl)cc2)cc1Cl. The molecule has 0 spiro atoms. The Morgan fingerprint density at radius 2 is 1.96 bits per heavy atom. The maximum atomic E-state index is 6.22. The number of thiocarbonyl (C=S) groups is 1. The number of hydrogen-bond donors (Lipinski definition) is 2. The van der Waals surface area contributed by atoms with Gasteiger partial charge in [0, 0.05) is 17.8 Å². The fourth-order valence-corrected chi connectivity index (χ4v) is 2.61. The van der Waals surface area contributed by atoms with Crippen molar-refractivity contribution < 1.29 is 0 Å². The fraction of sp³-hybridized carbons (Fsp3) is 0.375. The second-order valence-electron chi connectivity index (χ2n) is 5.69. The number of rotatable bonds is 7. The van der Waals surface area contributed by atoms with E-state index >= 15 is 0 Å². The van der Waals surface area contributed by atoms with E-state index in [1.165, 1.54) is 0 Å². The Bertz CT molecular complexity index is 670. The van der Waals surface area contributed by atoms with E-state index < -0.39 is 0 Å². The molecule has 0 aliphatic heterocycles. The van der Waals surface area contributed by atoms with Crippen LogP contribution in [0.25, 0.3) is 0 Å². The second-order valence-corrected chi connectivity index (χ2v) is 6.94. The summed E-state index contributed by atoms with van der Waals surface area (Å²) in [6.07, 6.45) is 2.78. The van der Waals surface area contributed by atoms with Gasteiger partial charge in [0.1, 0.15) is 5.02 Å². The summed E-state index contributed by atoms with van der Waals surface area (Å²) in [7, 11) is 4.09. The van der Waals surface area contributed by atoms with Crippen LogP contribution in [0.2, 0.25) is 10.0 Å². The van der Waals surface area contributed by atoms with E-state index in [1.54, 1.807) is 10.9 Å². The molecule has 0 radical (unpaired) electrons. The fourth-order valence-electron chi connectivity index (χ4n) is 2.09. The summed E-state index contributed by atoms with van der Waals surface area (Å²) in [4.78, 5) is 2.13. The van der Waals surface area contributed by atoms with Crippen LogP contribution < -0.4 is 10.6 Å². The molecule has 1 heterocycles. The molecule has 0 amide bonds. The monoisotopic (exact) mass is 385 g/mol. The van der Waals surface area contributed by atoms with Crippen molar-refractivity contribution in [2.45, 2.75) is 13.0 Å². The summed E-state index contributed by atoms with van der Waals surface area (Å²) in [6, 6.07) is 7.63. The number of aromatic nitrogens is 2. The quantitative estimate of drug-likeness (QED) is 0.564. The van der Waals surface area contributed by atoms with Gasteiger partial charge in [-0.1, -0.05) is 35.3 Å². The van der Waals surface area contributed by atoms with Crippen LogP contribution in [-0.2, 0) is 6.54 Å². The summed E-state index contributed by atoms with van der Waals surface area (Å²) >= 11 is 17.4. The van der Waals surface area contributed by atoms with E-state index in [1.807, 2.05) is 38.4 Å². The zero-order valence-electron chi connectivity index (χ0n) is 13.7. The van der Waals surface area contributed by atoms with E-state index in [0.29, 0.717) is 27.5 Å². The van der Waals surface area contributed by atoms with Crippen LogP contribution in [0.4, 0.5) is 5.82 Å². The van der Waals surface area contributed by atoms with Crippen molar-refractivity contribution >= 4 is 46.4 Å². The van der Waals surface area contributed by atoms with Crippen molar-refractivity contribution in [2.24, 2.45) is 0 Å². The minimum absolute atomic E-state index is 0.521. The van der Waals surface area contributed by atoms with E-state index in [4.69, 9.17) is 35.4 Å². The van der Waals surface area contributed by atoms with Crippen LogP contribution in [0, 0.1) is 0 Å². The van der Waals surface area contributed by atoms with Crippen molar-refractivity contribution in [3.63, 3.8) is 0 Å². The molecule has 0 saturated carbocycles. The molecule has 1 aromatic carbocycles. The first-order valence-corrected chi connectivity index (χ1v) is 8.77. The third-order valence-corrected chi connectivity index (χ3v) is 4.05. The second kappa shape index (κ2) is 9.22. The third-order valence-electron chi connectivity index (χ3n) is 3.27.